The van der Waals surface area contributed by atoms with E-state index in [0.717, 1.165) is 6.07 Å². The molecule has 23 heavy (non-hydrogen) atoms. The smallest absolute Gasteiger partial charge is 0.177 e. The molecule has 2 unspecified atom stereocenters. The van der Waals surface area contributed by atoms with Crippen LogP contribution in [0.25, 0.3) is 12.2 Å². The van der Waals surface area contributed by atoms with Gasteiger partial charge in [-0.15, -0.1) is 0 Å². The van der Waals surface area contributed by atoms with Crippen LogP contribution in [0.2, 0.25) is 0 Å². The van der Waals surface area contributed by atoms with Crippen LogP contribution < -0.4 is 15.2 Å². The van der Waals surface area contributed by atoms with Gasteiger partial charge in [0.2, 0.25) is 0 Å². The van der Waals surface area contributed by atoms with E-state index in [1.54, 1.807) is 24.3 Å². The third kappa shape index (κ3) is 4.05. The SMILES string of the molecule is COc1cc(C=Cc2ccc([NH+]([O-])O)cc2[NH+]([O-])O)ccc1O. The molecule has 0 aromatic heterocycles. The predicted octanol–water partition coefficient (Wildman–Crippen LogP) is 0.378. The van der Waals surface area contributed by atoms with E-state index in [1.165, 1.54) is 25.3 Å². The van der Waals surface area contributed by atoms with Gasteiger partial charge in [-0.3, -0.25) is 0 Å². The standard InChI is InChI=1S/C15H16N2O6/c1-23-15-8-10(3-7-14(15)18)2-4-11-5-6-12(16(19)20)9-13(11)17(21)22/h2-9,16-19,21H,1H3. The Balaban J connectivity index is 2.35. The Kier molecular flexibility index (Phi) is 5.29. The summed E-state index contributed by atoms with van der Waals surface area (Å²) in [7, 11) is 1.43. The fourth-order valence-electron chi connectivity index (χ4n) is 2.00. The molecule has 5 N–H and O–H groups in total. The van der Waals surface area contributed by atoms with Gasteiger partial charge in [0, 0.05) is 11.6 Å². The van der Waals surface area contributed by atoms with Crippen LogP contribution in [0, 0.1) is 10.4 Å². The van der Waals surface area contributed by atoms with Crippen molar-refractivity contribution in [2.45, 2.75) is 0 Å². The number of methoxy groups -OCH3 is 1. The van der Waals surface area contributed by atoms with E-state index in [0.29, 0.717) is 16.9 Å². The highest BCUT2D eigenvalue weighted by molar-refractivity contribution is 5.75. The Morgan fingerprint density at radius 3 is 2.35 bits per heavy atom. The summed E-state index contributed by atoms with van der Waals surface area (Å²) in [5.74, 6) is 0.300. The third-order valence-corrected chi connectivity index (χ3v) is 3.19. The number of hydrogen-bond acceptors (Lipinski definition) is 6. The number of aromatic hydroxyl groups is 1. The topological polar surface area (TPSA) is 125 Å². The summed E-state index contributed by atoms with van der Waals surface area (Å²) >= 11 is 0. The van der Waals surface area contributed by atoms with Gasteiger partial charge in [0.05, 0.1) is 13.2 Å². The molecule has 8 nitrogen and oxygen atoms in total. The Morgan fingerprint density at radius 2 is 1.74 bits per heavy atom. The van der Waals surface area contributed by atoms with E-state index in [-0.39, 0.29) is 17.1 Å². The number of phenols is 1. The maximum Gasteiger partial charge on any atom is 0.177 e. The highest BCUT2D eigenvalue weighted by Gasteiger charge is 2.11. The monoisotopic (exact) mass is 320 g/mol. The minimum absolute atomic E-state index is 0.00156. The van der Waals surface area contributed by atoms with Crippen molar-refractivity contribution in [3.8, 4) is 11.5 Å². The number of quaternary nitrogens is 2. The molecule has 2 rings (SSSR count). The minimum atomic E-state index is -1.21. The Hall–Kier alpha value is -2.46. The minimum Gasteiger partial charge on any atom is -0.595 e. The van der Waals surface area contributed by atoms with Crippen molar-refractivity contribution in [3.05, 3.63) is 57.9 Å². The second kappa shape index (κ2) is 7.20. The summed E-state index contributed by atoms with van der Waals surface area (Å²) in [6.07, 6.45) is 3.20. The first-order valence-corrected chi connectivity index (χ1v) is 6.58. The van der Waals surface area contributed by atoms with E-state index in [9.17, 15) is 20.7 Å². The number of rotatable bonds is 5. The first kappa shape index (κ1) is 16.9. The van der Waals surface area contributed by atoms with Crippen LogP contribution in [-0.4, -0.2) is 22.6 Å². The van der Waals surface area contributed by atoms with Crippen molar-refractivity contribution < 1.29 is 30.7 Å². The zero-order valence-electron chi connectivity index (χ0n) is 12.2. The third-order valence-electron chi connectivity index (χ3n) is 3.19. The number of phenolic OH excluding ortho intramolecular Hbond substituents is 1. The number of nitrogens with one attached hydrogen (secondary N) is 2. The zero-order chi connectivity index (χ0) is 17.0. The van der Waals surface area contributed by atoms with E-state index in [1.807, 2.05) is 0 Å². The Morgan fingerprint density at radius 1 is 1.00 bits per heavy atom. The highest BCUT2D eigenvalue weighted by Crippen LogP contribution is 2.27. The van der Waals surface area contributed by atoms with Gasteiger partial charge in [-0.2, -0.15) is 10.5 Å². The fraction of sp³-hybridized carbons (Fsp3) is 0.0667. The van der Waals surface area contributed by atoms with Gasteiger partial charge in [0.1, 0.15) is 0 Å². The molecule has 0 amide bonds. The molecule has 0 aliphatic carbocycles. The lowest BCUT2D eigenvalue weighted by Gasteiger charge is -2.17. The summed E-state index contributed by atoms with van der Waals surface area (Å²) in [5.41, 5.74) is 0.866. The average molecular weight is 320 g/mol. The molecular weight excluding hydrogens is 304 g/mol. The molecule has 0 fully saturated rings. The van der Waals surface area contributed by atoms with Gasteiger partial charge in [-0.05, 0) is 29.8 Å². The van der Waals surface area contributed by atoms with Crippen molar-refractivity contribution in [1.29, 1.82) is 0 Å². The van der Waals surface area contributed by atoms with Gasteiger partial charge < -0.3 is 20.3 Å². The molecule has 2 atom stereocenters. The molecule has 0 heterocycles. The highest BCUT2D eigenvalue weighted by atomic mass is 16.8. The molecule has 0 saturated carbocycles. The van der Waals surface area contributed by atoms with Crippen LogP contribution in [0.3, 0.4) is 0 Å². The number of hydrogen-bond donors (Lipinski definition) is 5. The molecule has 0 aliphatic rings. The van der Waals surface area contributed by atoms with Crippen LogP contribution >= 0.6 is 0 Å². The molecule has 2 aromatic rings. The summed E-state index contributed by atoms with van der Waals surface area (Å²) in [6.45, 7) is 0. The van der Waals surface area contributed by atoms with E-state index >= 15 is 0 Å². The van der Waals surface area contributed by atoms with Gasteiger partial charge in [0.15, 0.2) is 22.9 Å². The first-order valence-electron chi connectivity index (χ1n) is 6.58. The van der Waals surface area contributed by atoms with E-state index in [2.05, 4.69) is 0 Å². The lowest BCUT2D eigenvalue weighted by atomic mass is 10.1. The molecule has 0 saturated heterocycles. The molecular formula is C15H16N2O6. The normalized spacial score (nSPS) is 14.0. The average Bonchev–Trinajstić information content (AvgIpc) is 2.53. The largest absolute Gasteiger partial charge is 0.595 e. The van der Waals surface area contributed by atoms with Crippen LogP contribution in [0.15, 0.2) is 36.4 Å². The maximum absolute atomic E-state index is 11.3. The maximum atomic E-state index is 11.3. The Labute approximate surface area is 131 Å². The van der Waals surface area contributed by atoms with E-state index in [4.69, 9.17) is 9.94 Å². The van der Waals surface area contributed by atoms with Crippen molar-refractivity contribution in [3.63, 3.8) is 0 Å². The van der Waals surface area contributed by atoms with Crippen LogP contribution in [0.1, 0.15) is 11.1 Å². The summed E-state index contributed by atoms with van der Waals surface area (Å²) in [4.78, 5) is 0. The lowest BCUT2D eigenvalue weighted by molar-refractivity contribution is -0.996. The first-order chi connectivity index (χ1) is 10.9. The quantitative estimate of drug-likeness (QED) is 0.401. The van der Waals surface area contributed by atoms with Crippen LogP contribution in [-0.2, 0) is 0 Å². The second-order valence-corrected chi connectivity index (χ2v) is 4.68. The molecule has 0 spiro atoms. The molecule has 0 aliphatic heterocycles. The molecule has 0 radical (unpaired) electrons. The van der Waals surface area contributed by atoms with Crippen molar-refractivity contribution in [1.82, 2.24) is 0 Å². The van der Waals surface area contributed by atoms with E-state index < -0.39 is 10.5 Å². The number of benzene rings is 2. The van der Waals surface area contributed by atoms with Gasteiger partial charge in [-0.25, -0.2) is 10.4 Å². The zero-order valence-corrected chi connectivity index (χ0v) is 12.2. The number of ether oxygens (including phenoxy) is 1. The van der Waals surface area contributed by atoms with Crippen LogP contribution in [0.5, 0.6) is 11.5 Å². The Bertz CT molecular complexity index is 715. The van der Waals surface area contributed by atoms with Crippen LogP contribution in [0.4, 0.5) is 11.4 Å². The summed E-state index contributed by atoms with van der Waals surface area (Å²) < 4.78 is 5.00. The van der Waals surface area contributed by atoms with Crippen molar-refractivity contribution in [2.24, 2.45) is 0 Å². The fourth-order valence-corrected chi connectivity index (χ4v) is 2.00. The predicted molar refractivity (Wildman–Crippen MR) is 81.6 cm³/mol. The van der Waals surface area contributed by atoms with Gasteiger partial charge in [0.25, 0.3) is 0 Å². The summed E-state index contributed by atoms with van der Waals surface area (Å²) in [5, 5.41) is 47.5. The summed E-state index contributed by atoms with van der Waals surface area (Å²) in [6, 6.07) is 8.58. The molecule has 0 bridgehead atoms. The van der Waals surface area contributed by atoms with Crippen molar-refractivity contribution >= 4 is 23.5 Å². The molecule has 2 aromatic carbocycles. The molecule has 8 heteroatoms. The second-order valence-electron chi connectivity index (χ2n) is 4.68. The van der Waals surface area contributed by atoms with Gasteiger partial charge >= 0.3 is 0 Å². The lowest BCUT2D eigenvalue weighted by Crippen LogP contribution is -3.01. The van der Waals surface area contributed by atoms with Gasteiger partial charge in [-0.1, -0.05) is 12.1 Å². The molecule has 122 valence electrons. The van der Waals surface area contributed by atoms with Crippen molar-refractivity contribution in [2.75, 3.05) is 7.11 Å².